The number of aromatic nitrogens is 1. The maximum absolute atomic E-state index is 13.9. The number of nitrogen functional groups attached to an aromatic ring is 1. The Morgan fingerprint density at radius 3 is 2.67 bits per heavy atom. The number of hydrogen-bond acceptors (Lipinski definition) is 9. The summed E-state index contributed by atoms with van der Waals surface area (Å²) in [6, 6.07) is 5.52. The molecule has 7 N–H and O–H groups in total. The van der Waals surface area contributed by atoms with Crippen molar-refractivity contribution in [2.45, 2.75) is 55.8 Å². The molecule has 3 aromatic rings. The summed E-state index contributed by atoms with van der Waals surface area (Å²) in [4.78, 5) is 46.1. The van der Waals surface area contributed by atoms with Crippen molar-refractivity contribution in [2.75, 3.05) is 18.8 Å². The average Bonchev–Trinajstić information content (AvgIpc) is 3.35. The monoisotopic (exact) mass is 560 g/mol. The van der Waals surface area contributed by atoms with E-state index in [0.717, 1.165) is 32.1 Å². The number of nitrogens with two attached hydrogens (primary N) is 3. The van der Waals surface area contributed by atoms with Crippen LogP contribution in [-0.2, 0) is 15.1 Å². The highest BCUT2D eigenvalue weighted by Crippen LogP contribution is 2.49. The highest BCUT2D eigenvalue weighted by Gasteiger charge is 2.49. The third-order valence-corrected chi connectivity index (χ3v) is 9.55. The molecule has 2 fully saturated rings. The minimum Gasteiger partial charge on any atom is -0.474 e. The predicted octanol–water partition coefficient (Wildman–Crippen LogP) is 2.50. The van der Waals surface area contributed by atoms with E-state index in [4.69, 9.17) is 21.9 Å². The predicted molar refractivity (Wildman–Crippen MR) is 153 cm³/mol. The molecule has 11 heteroatoms. The Morgan fingerprint density at radius 2 is 2.00 bits per heavy atom. The zero-order valence-electron chi connectivity index (χ0n) is 22.0. The molecule has 2 aliphatic carbocycles. The number of rotatable bonds is 6. The molecule has 10 nitrogen and oxygen atoms in total. The molecular formula is C29H32N6O4S. The van der Waals surface area contributed by atoms with E-state index in [1.807, 2.05) is 0 Å². The molecule has 0 bridgehead atoms. The SMILES string of the molecule is C=CC(=O)N1CCCC(NC(=O)c2sc3c(N)ccc4c3c2C(N)C(=O)C4(N)c2ccc(OC3CCC3)nc2)C1. The summed E-state index contributed by atoms with van der Waals surface area (Å²) >= 11 is 1.20. The fraction of sp³-hybridized carbons (Fsp3) is 0.379. The first kappa shape index (κ1) is 26.4. The van der Waals surface area contributed by atoms with Gasteiger partial charge in [-0.05, 0) is 55.9 Å². The largest absolute Gasteiger partial charge is 0.474 e. The van der Waals surface area contributed by atoms with Crippen LogP contribution in [0.2, 0.25) is 0 Å². The van der Waals surface area contributed by atoms with E-state index in [9.17, 15) is 14.4 Å². The van der Waals surface area contributed by atoms with Gasteiger partial charge in [0.25, 0.3) is 5.91 Å². The van der Waals surface area contributed by atoms with Crippen LogP contribution >= 0.6 is 11.3 Å². The van der Waals surface area contributed by atoms with Gasteiger partial charge in [-0.2, -0.15) is 0 Å². The van der Waals surface area contributed by atoms with Crippen molar-refractivity contribution < 1.29 is 19.1 Å². The number of ketones is 1. The van der Waals surface area contributed by atoms with Gasteiger partial charge in [0.15, 0.2) is 5.78 Å². The van der Waals surface area contributed by atoms with Crippen LogP contribution < -0.4 is 27.3 Å². The summed E-state index contributed by atoms with van der Waals surface area (Å²) < 4.78 is 6.53. The summed E-state index contributed by atoms with van der Waals surface area (Å²) in [6.07, 6.45) is 7.64. The molecule has 6 rings (SSSR count). The summed E-state index contributed by atoms with van der Waals surface area (Å²) in [6.45, 7) is 4.55. The molecule has 2 aromatic heterocycles. The number of amides is 2. The summed E-state index contributed by atoms with van der Waals surface area (Å²) in [5.74, 6) is -0.476. The summed E-state index contributed by atoms with van der Waals surface area (Å²) in [7, 11) is 0. The first-order chi connectivity index (χ1) is 19.2. The highest BCUT2D eigenvalue weighted by molar-refractivity contribution is 7.21. The molecule has 3 heterocycles. The molecule has 2 amide bonds. The van der Waals surface area contributed by atoms with Crippen LogP contribution in [0.1, 0.15) is 64.5 Å². The van der Waals surface area contributed by atoms with Gasteiger partial charge < -0.3 is 32.2 Å². The van der Waals surface area contributed by atoms with Crippen molar-refractivity contribution >= 4 is 44.7 Å². The number of ether oxygens (including phenoxy) is 1. The molecule has 208 valence electrons. The Bertz CT molecular complexity index is 1530. The number of piperidine rings is 1. The average molecular weight is 561 g/mol. The van der Waals surface area contributed by atoms with Gasteiger partial charge in [-0.1, -0.05) is 12.6 Å². The minimum atomic E-state index is -1.58. The van der Waals surface area contributed by atoms with Crippen molar-refractivity contribution in [3.05, 3.63) is 64.7 Å². The maximum Gasteiger partial charge on any atom is 0.262 e. The van der Waals surface area contributed by atoms with Crippen molar-refractivity contribution in [3.63, 3.8) is 0 Å². The Labute approximate surface area is 235 Å². The molecule has 3 unspecified atom stereocenters. The van der Waals surface area contributed by atoms with Gasteiger partial charge in [0.2, 0.25) is 11.8 Å². The van der Waals surface area contributed by atoms with Crippen molar-refractivity contribution in [1.82, 2.24) is 15.2 Å². The molecule has 40 heavy (non-hydrogen) atoms. The summed E-state index contributed by atoms with van der Waals surface area (Å²) in [5, 5.41) is 3.67. The molecule has 1 saturated heterocycles. The van der Waals surface area contributed by atoms with Crippen molar-refractivity contribution in [1.29, 1.82) is 0 Å². The minimum absolute atomic E-state index is 0.169. The standard InChI is InChI=1S/C29H32N6O4S/c1-2-21(36)35-12-4-5-16(14-35)34-28(38)26-23-22-18(9-10-19(30)25(22)40-26)29(32,27(37)24(23)31)15-8-11-20(33-13-15)39-17-6-3-7-17/h2,8-11,13,16-17,24H,1,3-7,12,14,30-32H2,(H,34,38). The van der Waals surface area contributed by atoms with Crippen LogP contribution in [0.3, 0.4) is 0 Å². The van der Waals surface area contributed by atoms with Crippen LogP contribution in [-0.4, -0.2) is 52.7 Å². The van der Waals surface area contributed by atoms with E-state index in [1.54, 1.807) is 35.4 Å². The van der Waals surface area contributed by atoms with E-state index >= 15 is 0 Å². The molecule has 1 aromatic carbocycles. The van der Waals surface area contributed by atoms with Crippen LogP contribution in [0.4, 0.5) is 5.69 Å². The second kappa shape index (κ2) is 9.99. The number of thiophene rings is 1. The van der Waals surface area contributed by atoms with Gasteiger partial charge in [0.05, 0.1) is 15.6 Å². The highest BCUT2D eigenvalue weighted by atomic mass is 32.1. The molecule has 0 radical (unpaired) electrons. The smallest absolute Gasteiger partial charge is 0.262 e. The maximum atomic E-state index is 13.9. The molecule has 3 aliphatic rings. The Morgan fingerprint density at radius 1 is 1.20 bits per heavy atom. The Kier molecular flexibility index (Phi) is 6.60. The number of carbonyl (C=O) groups excluding carboxylic acids is 3. The van der Waals surface area contributed by atoms with Crippen LogP contribution in [0.5, 0.6) is 5.88 Å². The van der Waals surface area contributed by atoms with Gasteiger partial charge in [-0.25, -0.2) is 4.98 Å². The van der Waals surface area contributed by atoms with Crippen molar-refractivity contribution in [2.24, 2.45) is 11.5 Å². The molecular weight excluding hydrogens is 528 g/mol. The molecule has 1 saturated carbocycles. The normalized spacial score (nSPS) is 24.4. The van der Waals surface area contributed by atoms with Gasteiger partial charge in [-0.3, -0.25) is 14.4 Å². The lowest BCUT2D eigenvalue weighted by Gasteiger charge is -2.36. The lowest BCUT2D eigenvalue weighted by atomic mass is 9.71. The third kappa shape index (κ3) is 4.16. The zero-order chi connectivity index (χ0) is 28.2. The fourth-order valence-electron chi connectivity index (χ4n) is 5.87. The second-order valence-corrected chi connectivity index (χ2v) is 11.8. The molecule has 0 spiro atoms. The zero-order valence-corrected chi connectivity index (χ0v) is 22.8. The van der Waals surface area contributed by atoms with Gasteiger partial charge >= 0.3 is 0 Å². The lowest BCUT2D eigenvalue weighted by molar-refractivity contribution is -0.127. The Balaban J connectivity index is 1.37. The van der Waals surface area contributed by atoms with E-state index in [-0.39, 0.29) is 24.0 Å². The van der Waals surface area contributed by atoms with Gasteiger partial charge in [0.1, 0.15) is 11.6 Å². The number of hydrogen-bond donors (Lipinski definition) is 4. The van der Waals surface area contributed by atoms with E-state index in [2.05, 4.69) is 16.9 Å². The first-order valence-electron chi connectivity index (χ1n) is 13.5. The lowest BCUT2D eigenvalue weighted by Crippen LogP contribution is -2.53. The van der Waals surface area contributed by atoms with E-state index in [0.29, 0.717) is 56.3 Å². The van der Waals surface area contributed by atoms with Crippen LogP contribution in [0, 0.1) is 0 Å². The number of likely N-dealkylation sites (tertiary alicyclic amines) is 1. The first-order valence-corrected chi connectivity index (χ1v) is 14.3. The topological polar surface area (TPSA) is 167 Å². The van der Waals surface area contributed by atoms with Crippen LogP contribution in [0.25, 0.3) is 10.1 Å². The quantitative estimate of drug-likeness (QED) is 0.264. The fourth-order valence-corrected chi connectivity index (χ4v) is 7.07. The Hall–Kier alpha value is -3.80. The number of nitrogens with one attached hydrogen (secondary N) is 1. The van der Waals surface area contributed by atoms with Crippen molar-refractivity contribution in [3.8, 4) is 5.88 Å². The number of carbonyl (C=O) groups is 3. The second-order valence-electron chi connectivity index (χ2n) is 10.8. The molecule has 3 atom stereocenters. The number of pyridine rings is 1. The van der Waals surface area contributed by atoms with E-state index < -0.39 is 17.4 Å². The molecule has 1 aliphatic heterocycles. The number of Topliss-reactive ketones (excluding diaryl/α,β-unsaturated/α-hetero) is 1. The van der Waals surface area contributed by atoms with Gasteiger partial charge in [-0.15, -0.1) is 11.3 Å². The third-order valence-electron chi connectivity index (χ3n) is 8.29. The van der Waals surface area contributed by atoms with Crippen LogP contribution in [0.15, 0.2) is 43.1 Å². The van der Waals surface area contributed by atoms with E-state index in [1.165, 1.54) is 17.4 Å². The number of nitrogens with zero attached hydrogens (tertiary/aromatic N) is 2. The van der Waals surface area contributed by atoms with Gasteiger partial charge in [0, 0.05) is 53.6 Å². The number of anilines is 1. The summed E-state index contributed by atoms with van der Waals surface area (Å²) in [5.41, 5.74) is 20.2. The number of benzene rings is 1.